The molecule has 0 amide bonds. The van der Waals surface area contributed by atoms with E-state index in [4.69, 9.17) is 0 Å². The number of aryl methyl sites for hydroxylation is 2. The van der Waals surface area contributed by atoms with E-state index in [0.717, 1.165) is 36.8 Å². The molecule has 0 radical (unpaired) electrons. The summed E-state index contributed by atoms with van der Waals surface area (Å²) in [5.74, 6) is -0.107. The number of hydrogen-bond donors (Lipinski definition) is 0. The van der Waals surface area contributed by atoms with Gasteiger partial charge >= 0.3 is 0 Å². The fraction of sp³-hybridized carbons (Fsp3) is 0.333. The molecule has 228 valence electrons. The molecule has 2 aliphatic rings. The zero-order valence-corrected chi connectivity index (χ0v) is 27.7. The molecule has 0 fully saturated rings. The van der Waals surface area contributed by atoms with Gasteiger partial charge in [-0.05, 0) is 65.1 Å². The topological polar surface area (TPSA) is 7.76 Å². The largest absolute Gasteiger partial charge is 0.222 e. The maximum atomic E-state index is 16.2. The molecule has 1 aliphatic carbocycles. The van der Waals surface area contributed by atoms with Crippen LogP contribution in [-0.4, -0.2) is 0 Å². The molecule has 3 heterocycles. The van der Waals surface area contributed by atoms with Crippen LogP contribution in [0, 0.1) is 5.82 Å². The average Bonchev–Trinajstić information content (AvgIpc) is 3.05. The molecule has 0 saturated carbocycles. The predicted octanol–water partition coefficient (Wildman–Crippen LogP) is 9.56. The quantitative estimate of drug-likeness (QED) is 0.158. The van der Waals surface area contributed by atoms with E-state index < -0.39 is 5.41 Å². The molecule has 0 saturated heterocycles. The van der Waals surface area contributed by atoms with Gasteiger partial charge < -0.3 is 0 Å². The zero-order chi connectivity index (χ0) is 31.5. The van der Waals surface area contributed by atoms with Gasteiger partial charge in [-0.1, -0.05) is 83.5 Å². The van der Waals surface area contributed by atoms with Gasteiger partial charge in [0.15, 0.2) is 17.9 Å². The van der Waals surface area contributed by atoms with E-state index in [1.807, 2.05) is 0 Å². The summed E-state index contributed by atoms with van der Waals surface area (Å²) in [7, 11) is 2.11. The van der Waals surface area contributed by atoms with E-state index in [-0.39, 0.29) is 11.4 Å². The van der Waals surface area contributed by atoms with Crippen molar-refractivity contribution in [3.63, 3.8) is 0 Å². The standard InChI is InChI=1S/C42H45FN2/c1-7-10-15-29-20-23-34-37-31(29)25-27-45-40(37)38-32(21-24-35(43)39(38)41(34,4)5)33(42(45,8-2)9-3)22-19-28-16-11-12-17-30(28)36-18-13-14-26-44(36)6/h11-14,16-18,20-27H,7-10,15,19H2,1-6H3/q+2. The summed E-state index contributed by atoms with van der Waals surface area (Å²) in [6.07, 6.45) is 13.0. The molecular formula is C42H45FN2+2. The Balaban J connectivity index is 1.51. The lowest BCUT2D eigenvalue weighted by Gasteiger charge is -2.42. The van der Waals surface area contributed by atoms with Crippen LogP contribution in [0.3, 0.4) is 0 Å². The third-order valence-electron chi connectivity index (χ3n) is 11.0. The minimum absolute atomic E-state index is 0.107. The van der Waals surface area contributed by atoms with Gasteiger partial charge in [0.1, 0.15) is 12.9 Å². The molecule has 45 heavy (non-hydrogen) atoms. The Hall–Kier alpha value is -4.11. The van der Waals surface area contributed by atoms with Crippen LogP contribution < -0.4 is 9.13 Å². The molecule has 0 bridgehead atoms. The molecule has 7 rings (SSSR count). The maximum absolute atomic E-state index is 16.2. The fourth-order valence-electron chi connectivity index (χ4n) is 8.57. The minimum atomic E-state index is -0.457. The van der Waals surface area contributed by atoms with Gasteiger partial charge in [-0.25, -0.2) is 8.96 Å². The van der Waals surface area contributed by atoms with Crippen molar-refractivity contribution in [3.8, 4) is 22.5 Å². The van der Waals surface area contributed by atoms with Gasteiger partial charge in [-0.3, -0.25) is 0 Å². The monoisotopic (exact) mass is 596 g/mol. The van der Waals surface area contributed by atoms with Gasteiger partial charge in [-0.15, -0.1) is 0 Å². The van der Waals surface area contributed by atoms with Crippen molar-refractivity contribution in [2.45, 2.75) is 84.1 Å². The number of unbranched alkanes of at least 4 members (excludes halogenated alkanes) is 1. The van der Waals surface area contributed by atoms with Gasteiger partial charge in [0, 0.05) is 53.2 Å². The van der Waals surface area contributed by atoms with Gasteiger partial charge in [0.2, 0.25) is 11.4 Å². The lowest BCUT2D eigenvalue weighted by Crippen LogP contribution is -2.60. The minimum Gasteiger partial charge on any atom is -0.207 e. The molecule has 0 atom stereocenters. The first-order chi connectivity index (χ1) is 21.8. The van der Waals surface area contributed by atoms with Crippen molar-refractivity contribution in [2.24, 2.45) is 7.05 Å². The van der Waals surface area contributed by atoms with Crippen LogP contribution in [-0.2, 0) is 30.8 Å². The molecule has 2 nitrogen and oxygen atoms in total. The SMILES string of the molecule is CCCCc1ccc2c3c4[n+](ccc13)C(CC)(CC)C(=CCc1ccccc1-c1cccc[n+]1C)c1ccc(F)c(c1-4)C2(C)C. The van der Waals surface area contributed by atoms with E-state index in [1.165, 1.54) is 68.4 Å². The summed E-state index contributed by atoms with van der Waals surface area (Å²) in [6, 6.07) is 25.9. The molecule has 3 aromatic carbocycles. The van der Waals surface area contributed by atoms with Crippen LogP contribution in [0.1, 0.15) is 88.1 Å². The number of benzene rings is 3. The highest BCUT2D eigenvalue weighted by molar-refractivity contribution is 6.05. The van der Waals surface area contributed by atoms with Crippen molar-refractivity contribution in [3.05, 3.63) is 125 Å². The summed E-state index contributed by atoms with van der Waals surface area (Å²) >= 11 is 0. The molecule has 1 aliphatic heterocycles. The van der Waals surface area contributed by atoms with Gasteiger partial charge in [0.25, 0.3) is 0 Å². The molecule has 3 heteroatoms. The maximum Gasteiger partial charge on any atom is 0.222 e. The van der Waals surface area contributed by atoms with Crippen LogP contribution in [0.4, 0.5) is 4.39 Å². The highest BCUT2D eigenvalue weighted by Gasteiger charge is 2.52. The fourth-order valence-corrected chi connectivity index (χ4v) is 8.57. The summed E-state index contributed by atoms with van der Waals surface area (Å²) in [5.41, 5.74) is 11.3. The summed E-state index contributed by atoms with van der Waals surface area (Å²) < 4.78 is 20.9. The van der Waals surface area contributed by atoms with Gasteiger partial charge in [-0.2, -0.15) is 4.57 Å². The zero-order valence-electron chi connectivity index (χ0n) is 27.7. The Morgan fingerprint density at radius 3 is 2.33 bits per heavy atom. The summed E-state index contributed by atoms with van der Waals surface area (Å²) in [4.78, 5) is 0. The third kappa shape index (κ3) is 4.26. The Bertz CT molecular complexity index is 1990. The highest BCUT2D eigenvalue weighted by Crippen LogP contribution is 2.55. The first kappa shape index (κ1) is 29.6. The van der Waals surface area contributed by atoms with Crippen molar-refractivity contribution < 1.29 is 13.5 Å². The van der Waals surface area contributed by atoms with Crippen molar-refractivity contribution in [1.82, 2.24) is 0 Å². The van der Waals surface area contributed by atoms with E-state index in [1.54, 1.807) is 6.07 Å². The van der Waals surface area contributed by atoms with Crippen LogP contribution in [0.5, 0.6) is 0 Å². The van der Waals surface area contributed by atoms with Gasteiger partial charge in [0.05, 0.1) is 10.9 Å². The van der Waals surface area contributed by atoms with Crippen molar-refractivity contribution in [2.75, 3.05) is 0 Å². The first-order valence-electron chi connectivity index (χ1n) is 16.9. The second-order valence-corrected chi connectivity index (χ2v) is 13.6. The first-order valence-corrected chi connectivity index (χ1v) is 16.9. The number of rotatable bonds is 8. The van der Waals surface area contributed by atoms with Crippen molar-refractivity contribution >= 4 is 16.3 Å². The molecule has 0 unspecified atom stereocenters. The average molecular weight is 597 g/mol. The number of pyridine rings is 2. The van der Waals surface area contributed by atoms with Crippen LogP contribution in [0.25, 0.3) is 38.9 Å². The molecular weight excluding hydrogens is 551 g/mol. The third-order valence-corrected chi connectivity index (χ3v) is 11.0. The Morgan fingerprint density at radius 1 is 0.800 bits per heavy atom. The molecule has 5 aromatic rings. The number of allylic oxidation sites excluding steroid dienone is 2. The molecule has 2 aromatic heterocycles. The van der Waals surface area contributed by atoms with E-state index in [2.05, 4.69) is 136 Å². The van der Waals surface area contributed by atoms with Crippen LogP contribution >= 0.6 is 0 Å². The van der Waals surface area contributed by atoms with E-state index in [9.17, 15) is 0 Å². The molecule has 0 spiro atoms. The van der Waals surface area contributed by atoms with Crippen molar-refractivity contribution in [1.29, 1.82) is 0 Å². The number of nitrogens with zero attached hydrogens (tertiary/aromatic N) is 2. The van der Waals surface area contributed by atoms with E-state index in [0.29, 0.717) is 0 Å². The second kappa shape index (κ2) is 11.1. The number of aromatic nitrogens is 2. The number of hydrogen-bond acceptors (Lipinski definition) is 0. The predicted molar refractivity (Wildman–Crippen MR) is 184 cm³/mol. The van der Waals surface area contributed by atoms with Crippen LogP contribution in [0.2, 0.25) is 0 Å². The number of halogens is 1. The Labute approximate surface area is 267 Å². The highest BCUT2D eigenvalue weighted by atomic mass is 19.1. The van der Waals surface area contributed by atoms with E-state index >= 15 is 4.39 Å². The molecule has 0 N–H and O–H groups in total. The second-order valence-electron chi connectivity index (χ2n) is 13.6. The Kier molecular flexibility index (Phi) is 7.27. The Morgan fingerprint density at radius 2 is 1.58 bits per heavy atom. The normalized spacial score (nSPS) is 16.4. The lowest BCUT2D eigenvalue weighted by atomic mass is 9.64. The smallest absolute Gasteiger partial charge is 0.207 e. The summed E-state index contributed by atoms with van der Waals surface area (Å²) in [6.45, 7) is 11.3. The summed E-state index contributed by atoms with van der Waals surface area (Å²) in [5, 5.41) is 2.65. The lowest BCUT2D eigenvalue weighted by molar-refractivity contribution is -0.740. The van der Waals surface area contributed by atoms with Crippen LogP contribution in [0.15, 0.2) is 91.3 Å².